The highest BCUT2D eigenvalue weighted by Crippen LogP contribution is 2.27. The zero-order valence-corrected chi connectivity index (χ0v) is 16.4. The van der Waals surface area contributed by atoms with Gasteiger partial charge in [-0.3, -0.25) is 4.79 Å². The molecule has 0 bridgehead atoms. The Hall–Kier alpha value is -3.55. The third-order valence-electron chi connectivity index (χ3n) is 4.68. The van der Waals surface area contributed by atoms with E-state index in [0.29, 0.717) is 5.70 Å². The molecule has 0 fully saturated rings. The summed E-state index contributed by atoms with van der Waals surface area (Å²) in [4.78, 5) is 27.5. The molecule has 0 spiro atoms. The third-order valence-corrected chi connectivity index (χ3v) is 4.68. The van der Waals surface area contributed by atoms with Crippen molar-refractivity contribution in [2.75, 3.05) is 13.7 Å². The second kappa shape index (κ2) is 8.22. The number of carbonyl (C=O) groups is 1. The summed E-state index contributed by atoms with van der Waals surface area (Å²) >= 11 is 0. The highest BCUT2D eigenvalue weighted by Gasteiger charge is 2.31. The van der Waals surface area contributed by atoms with E-state index in [1.54, 1.807) is 39.2 Å². The van der Waals surface area contributed by atoms with Crippen LogP contribution in [0.2, 0.25) is 0 Å². The van der Waals surface area contributed by atoms with E-state index in [1.165, 1.54) is 0 Å². The Labute approximate surface area is 167 Å². The molecular weight excluding hydrogens is 376 g/mol. The number of hydrogen-bond acceptors (Lipinski definition) is 7. The highest BCUT2D eigenvalue weighted by molar-refractivity contribution is 5.87. The van der Waals surface area contributed by atoms with Crippen LogP contribution in [-0.2, 0) is 14.4 Å². The summed E-state index contributed by atoms with van der Waals surface area (Å²) in [5.74, 6) is -0.155. The summed E-state index contributed by atoms with van der Waals surface area (Å²) in [7, 11) is 1.62. The zero-order chi connectivity index (χ0) is 21.0. The molecular formula is C21H22N2O6. The first-order chi connectivity index (χ1) is 13.8. The van der Waals surface area contributed by atoms with Gasteiger partial charge in [0.25, 0.3) is 5.09 Å². The Morgan fingerprint density at radius 3 is 2.69 bits per heavy atom. The van der Waals surface area contributed by atoms with Crippen LogP contribution in [-0.4, -0.2) is 30.5 Å². The minimum absolute atomic E-state index is 0.256. The fraction of sp³-hybridized carbons (Fsp3) is 0.286. The van der Waals surface area contributed by atoms with Crippen LogP contribution in [0.3, 0.4) is 0 Å². The van der Waals surface area contributed by atoms with E-state index >= 15 is 0 Å². The molecule has 1 N–H and O–H groups in total. The lowest BCUT2D eigenvalue weighted by molar-refractivity contribution is -0.755. The van der Waals surface area contributed by atoms with Gasteiger partial charge in [0.1, 0.15) is 12.4 Å². The minimum atomic E-state index is -1.13. The van der Waals surface area contributed by atoms with Gasteiger partial charge in [0.05, 0.1) is 13.0 Å². The van der Waals surface area contributed by atoms with Crippen molar-refractivity contribution < 1.29 is 24.2 Å². The smallest absolute Gasteiger partial charge is 0.315 e. The first kappa shape index (κ1) is 20.2. The van der Waals surface area contributed by atoms with E-state index in [1.807, 2.05) is 36.4 Å². The zero-order valence-electron chi connectivity index (χ0n) is 16.4. The van der Waals surface area contributed by atoms with E-state index in [4.69, 9.17) is 9.47 Å². The predicted octanol–water partition coefficient (Wildman–Crippen LogP) is 3.46. The largest absolute Gasteiger partial charge is 0.497 e. The first-order valence-electron chi connectivity index (χ1n) is 9.04. The molecule has 0 aliphatic carbocycles. The van der Waals surface area contributed by atoms with Crippen molar-refractivity contribution in [2.24, 2.45) is 0 Å². The standard InChI is InChI=1S/C21H22N2O6/c1-14(15-6-7-17-12-19(27-3)9-8-16(17)11-15)20(24)29-21(2)10-4-5-18(22-21)13-28-23(25)26/h4-12,14,22H,13H2,1-3H3. The van der Waals surface area contributed by atoms with Crippen LogP contribution in [0.5, 0.6) is 5.75 Å². The van der Waals surface area contributed by atoms with Gasteiger partial charge < -0.3 is 19.6 Å². The third kappa shape index (κ3) is 4.84. The van der Waals surface area contributed by atoms with Gasteiger partial charge >= 0.3 is 5.97 Å². The number of hydrogen-bond donors (Lipinski definition) is 1. The van der Waals surface area contributed by atoms with Crippen LogP contribution in [0.25, 0.3) is 10.8 Å². The predicted molar refractivity (Wildman–Crippen MR) is 107 cm³/mol. The van der Waals surface area contributed by atoms with Crippen molar-refractivity contribution in [3.63, 3.8) is 0 Å². The van der Waals surface area contributed by atoms with Gasteiger partial charge in [-0.25, -0.2) is 0 Å². The van der Waals surface area contributed by atoms with Crippen molar-refractivity contribution in [3.05, 3.63) is 76.0 Å². The van der Waals surface area contributed by atoms with Gasteiger partial charge in [-0.2, -0.15) is 0 Å². The number of rotatable bonds is 7. The Bertz CT molecular complexity index is 1000. The summed E-state index contributed by atoms with van der Waals surface area (Å²) in [6.07, 6.45) is 4.95. The van der Waals surface area contributed by atoms with Crippen LogP contribution < -0.4 is 10.1 Å². The maximum atomic E-state index is 12.8. The lowest BCUT2D eigenvalue weighted by atomic mass is 9.97. The molecule has 0 aromatic heterocycles. The molecule has 3 rings (SSSR count). The Balaban J connectivity index is 1.70. The lowest BCUT2D eigenvalue weighted by Crippen LogP contribution is -2.47. The summed E-state index contributed by atoms with van der Waals surface area (Å²) in [6, 6.07) is 11.5. The average molecular weight is 398 g/mol. The van der Waals surface area contributed by atoms with Crippen LogP contribution >= 0.6 is 0 Å². The van der Waals surface area contributed by atoms with Gasteiger partial charge in [0.2, 0.25) is 5.72 Å². The summed E-state index contributed by atoms with van der Waals surface area (Å²) in [5, 5.41) is 14.5. The van der Waals surface area contributed by atoms with Crippen molar-refractivity contribution in [2.45, 2.75) is 25.5 Å². The molecule has 1 heterocycles. The van der Waals surface area contributed by atoms with Crippen molar-refractivity contribution in [1.29, 1.82) is 0 Å². The number of dihydropyridines is 1. The first-order valence-corrected chi connectivity index (χ1v) is 9.04. The number of esters is 1. The molecule has 2 unspecified atom stereocenters. The monoisotopic (exact) mass is 398 g/mol. The maximum Gasteiger partial charge on any atom is 0.315 e. The van der Waals surface area contributed by atoms with E-state index in [2.05, 4.69) is 10.2 Å². The molecule has 0 saturated carbocycles. The van der Waals surface area contributed by atoms with Crippen molar-refractivity contribution in [1.82, 2.24) is 5.32 Å². The molecule has 1 aliphatic rings. The quantitative estimate of drug-likeness (QED) is 0.433. The number of fused-ring (bicyclic) bond motifs is 1. The molecule has 152 valence electrons. The Morgan fingerprint density at radius 1 is 1.24 bits per heavy atom. The number of allylic oxidation sites excluding steroid dienone is 2. The Kier molecular flexibility index (Phi) is 5.72. The molecule has 1 aliphatic heterocycles. The molecule has 2 atom stereocenters. The minimum Gasteiger partial charge on any atom is -0.497 e. The number of ether oxygens (including phenoxy) is 2. The lowest BCUT2D eigenvalue weighted by Gasteiger charge is -2.32. The van der Waals surface area contributed by atoms with Crippen molar-refractivity contribution in [3.8, 4) is 5.75 Å². The number of nitrogens with zero attached hydrogens (tertiary/aromatic N) is 1. The number of methoxy groups -OCH3 is 1. The average Bonchev–Trinajstić information content (AvgIpc) is 2.70. The van der Waals surface area contributed by atoms with E-state index < -0.39 is 22.7 Å². The Morgan fingerprint density at radius 2 is 1.97 bits per heavy atom. The summed E-state index contributed by atoms with van der Waals surface area (Å²) in [6.45, 7) is 3.18. The topological polar surface area (TPSA) is 99.9 Å². The molecule has 0 amide bonds. The van der Waals surface area contributed by atoms with Gasteiger partial charge in [0, 0.05) is 5.70 Å². The fourth-order valence-corrected chi connectivity index (χ4v) is 3.09. The molecule has 0 saturated heterocycles. The van der Waals surface area contributed by atoms with Gasteiger partial charge in [0.15, 0.2) is 0 Å². The van der Waals surface area contributed by atoms with Crippen LogP contribution in [0.1, 0.15) is 25.3 Å². The number of benzene rings is 2. The molecule has 2 aromatic carbocycles. The highest BCUT2D eigenvalue weighted by atomic mass is 16.9. The summed E-state index contributed by atoms with van der Waals surface area (Å²) < 4.78 is 10.9. The van der Waals surface area contributed by atoms with Gasteiger partial charge in [-0.15, -0.1) is 10.1 Å². The normalized spacial score (nSPS) is 19.1. The van der Waals surface area contributed by atoms with Gasteiger partial charge in [-0.05, 0) is 54.5 Å². The molecule has 29 heavy (non-hydrogen) atoms. The maximum absolute atomic E-state index is 12.8. The van der Waals surface area contributed by atoms with Crippen LogP contribution in [0.4, 0.5) is 0 Å². The summed E-state index contributed by atoms with van der Waals surface area (Å²) in [5.41, 5.74) is 0.134. The van der Waals surface area contributed by atoms with Gasteiger partial charge in [-0.1, -0.05) is 30.3 Å². The molecule has 2 aromatic rings. The second-order valence-corrected chi connectivity index (χ2v) is 6.90. The SMILES string of the molecule is COc1ccc2cc(C(C)C(=O)OC3(C)C=CC=C(CO[N+](=O)[O-])N3)ccc2c1. The molecule has 8 heteroatoms. The fourth-order valence-electron chi connectivity index (χ4n) is 3.09. The second-order valence-electron chi connectivity index (χ2n) is 6.90. The van der Waals surface area contributed by atoms with E-state index in [-0.39, 0.29) is 6.61 Å². The van der Waals surface area contributed by atoms with Crippen LogP contribution in [0, 0.1) is 10.1 Å². The number of carbonyl (C=O) groups excluding carboxylic acids is 1. The van der Waals surface area contributed by atoms with E-state index in [9.17, 15) is 14.9 Å². The van der Waals surface area contributed by atoms with E-state index in [0.717, 1.165) is 22.1 Å². The molecule has 8 nitrogen and oxygen atoms in total. The van der Waals surface area contributed by atoms with Crippen molar-refractivity contribution >= 4 is 16.7 Å². The number of nitrogens with one attached hydrogen (secondary N) is 1. The van der Waals surface area contributed by atoms with Crippen LogP contribution in [0.15, 0.2) is 60.3 Å². The molecule has 0 radical (unpaired) electrons.